The van der Waals surface area contributed by atoms with Gasteiger partial charge in [0.25, 0.3) is 0 Å². The van der Waals surface area contributed by atoms with Gasteiger partial charge in [-0.1, -0.05) is 6.07 Å². The van der Waals surface area contributed by atoms with Crippen molar-refractivity contribution in [2.75, 3.05) is 24.6 Å². The van der Waals surface area contributed by atoms with Crippen molar-refractivity contribution in [1.29, 1.82) is 0 Å². The zero-order valence-electron chi connectivity index (χ0n) is 12.5. The highest BCUT2D eigenvalue weighted by molar-refractivity contribution is 5.70. The van der Waals surface area contributed by atoms with E-state index in [1.54, 1.807) is 25.1 Å². The Bertz CT molecular complexity index is 496. The molecule has 1 unspecified atom stereocenters. The van der Waals surface area contributed by atoms with E-state index in [1.165, 1.54) is 0 Å². The largest absolute Gasteiger partial charge is 0.487 e. The van der Waals surface area contributed by atoms with Crippen molar-refractivity contribution in [2.24, 2.45) is 5.92 Å². The number of nitrogens with zero attached hydrogens (tertiary/aromatic N) is 2. The summed E-state index contributed by atoms with van der Waals surface area (Å²) in [5.41, 5.74) is 0.643. The summed E-state index contributed by atoms with van der Waals surface area (Å²) in [4.78, 5) is 13.0. The Balaban J connectivity index is 2.24. The molecular weight excluding hydrogens is 272 g/mol. The molecule has 0 saturated carbocycles. The minimum Gasteiger partial charge on any atom is -0.487 e. The molecule has 0 spiro atoms. The number of piperidine rings is 1. The van der Waals surface area contributed by atoms with Crippen LogP contribution < -0.4 is 9.64 Å². The van der Waals surface area contributed by atoms with Crippen molar-refractivity contribution in [3.8, 4) is 5.75 Å². The molecule has 1 heterocycles. The van der Waals surface area contributed by atoms with Crippen molar-refractivity contribution in [3.05, 3.63) is 28.3 Å². The molecule has 1 saturated heterocycles. The number of rotatable bonds is 5. The van der Waals surface area contributed by atoms with Crippen LogP contribution in [0.25, 0.3) is 0 Å². The van der Waals surface area contributed by atoms with Crippen molar-refractivity contribution in [2.45, 2.75) is 32.8 Å². The van der Waals surface area contributed by atoms with Crippen LogP contribution >= 0.6 is 0 Å². The molecule has 1 aromatic rings. The minimum atomic E-state index is -0.374. The average Bonchev–Trinajstić information content (AvgIpc) is 2.47. The number of nitro groups is 1. The van der Waals surface area contributed by atoms with Crippen LogP contribution in [-0.4, -0.2) is 35.8 Å². The third-order valence-electron chi connectivity index (χ3n) is 4.02. The number of para-hydroxylation sites is 1. The Morgan fingerprint density at radius 3 is 2.67 bits per heavy atom. The van der Waals surface area contributed by atoms with Gasteiger partial charge in [0.05, 0.1) is 17.6 Å². The second-order valence-electron chi connectivity index (χ2n) is 5.38. The van der Waals surface area contributed by atoms with Crippen molar-refractivity contribution >= 4 is 11.4 Å². The molecule has 0 aromatic heterocycles. The number of aliphatic hydroxyl groups excluding tert-OH is 1. The summed E-state index contributed by atoms with van der Waals surface area (Å²) < 4.78 is 5.38. The highest BCUT2D eigenvalue weighted by Crippen LogP contribution is 2.38. The van der Waals surface area contributed by atoms with E-state index in [0.29, 0.717) is 31.1 Å². The van der Waals surface area contributed by atoms with E-state index in [1.807, 2.05) is 11.8 Å². The Morgan fingerprint density at radius 2 is 2.14 bits per heavy atom. The standard InChI is InChI=1S/C15H22N2O4/c1-3-21-14-6-4-5-13(15(14)17(19)20)16-9-7-12(8-10-16)11(2)18/h4-6,11-12,18H,3,7-10H2,1-2H3. The van der Waals surface area contributed by atoms with Gasteiger partial charge in [0.1, 0.15) is 5.69 Å². The molecule has 0 bridgehead atoms. The molecule has 116 valence electrons. The number of ether oxygens (including phenoxy) is 1. The van der Waals surface area contributed by atoms with Crippen LogP contribution in [0.3, 0.4) is 0 Å². The number of nitro benzene ring substituents is 1. The zero-order chi connectivity index (χ0) is 15.4. The Morgan fingerprint density at radius 1 is 1.48 bits per heavy atom. The molecule has 2 rings (SSSR count). The van der Waals surface area contributed by atoms with E-state index in [-0.39, 0.29) is 22.6 Å². The normalized spacial score (nSPS) is 17.6. The topological polar surface area (TPSA) is 75.8 Å². The molecule has 6 nitrogen and oxygen atoms in total. The highest BCUT2D eigenvalue weighted by Gasteiger charge is 2.29. The molecular formula is C15H22N2O4. The molecule has 0 amide bonds. The molecule has 0 aliphatic carbocycles. The molecule has 1 fully saturated rings. The first kappa shape index (κ1) is 15.6. The lowest BCUT2D eigenvalue weighted by molar-refractivity contribution is -0.385. The maximum Gasteiger partial charge on any atom is 0.333 e. The SMILES string of the molecule is CCOc1cccc(N2CCC(C(C)O)CC2)c1[N+](=O)[O-]. The maximum atomic E-state index is 11.4. The van der Waals surface area contributed by atoms with Gasteiger partial charge in [0, 0.05) is 13.1 Å². The van der Waals surface area contributed by atoms with E-state index in [9.17, 15) is 15.2 Å². The second kappa shape index (κ2) is 6.76. The molecule has 1 aromatic carbocycles. The van der Waals surface area contributed by atoms with E-state index >= 15 is 0 Å². The lowest BCUT2D eigenvalue weighted by Crippen LogP contribution is -2.37. The molecule has 6 heteroatoms. The highest BCUT2D eigenvalue weighted by atomic mass is 16.6. The van der Waals surface area contributed by atoms with Crippen LogP contribution in [0, 0.1) is 16.0 Å². The fraction of sp³-hybridized carbons (Fsp3) is 0.600. The van der Waals surface area contributed by atoms with Gasteiger partial charge < -0.3 is 14.7 Å². The first-order chi connectivity index (χ1) is 10.0. The van der Waals surface area contributed by atoms with Crippen LogP contribution in [-0.2, 0) is 0 Å². The summed E-state index contributed by atoms with van der Waals surface area (Å²) in [5, 5.41) is 21.0. The Hall–Kier alpha value is -1.82. The molecule has 1 N–H and O–H groups in total. The average molecular weight is 294 g/mol. The maximum absolute atomic E-state index is 11.4. The molecule has 1 aliphatic heterocycles. The summed E-state index contributed by atoms with van der Waals surface area (Å²) in [6.45, 7) is 5.44. The quantitative estimate of drug-likeness (QED) is 0.667. The summed E-state index contributed by atoms with van der Waals surface area (Å²) >= 11 is 0. The first-order valence-electron chi connectivity index (χ1n) is 7.37. The van der Waals surface area contributed by atoms with Gasteiger partial charge in [-0.3, -0.25) is 10.1 Å². The number of hydrogen-bond acceptors (Lipinski definition) is 5. The number of anilines is 1. The summed E-state index contributed by atoms with van der Waals surface area (Å²) in [6.07, 6.45) is 1.36. The minimum absolute atomic E-state index is 0.0369. The number of aliphatic hydroxyl groups is 1. The van der Waals surface area contributed by atoms with Gasteiger partial charge in [-0.05, 0) is 44.7 Å². The van der Waals surface area contributed by atoms with Crippen molar-refractivity contribution in [1.82, 2.24) is 0 Å². The van der Waals surface area contributed by atoms with E-state index in [4.69, 9.17) is 4.74 Å². The third kappa shape index (κ3) is 3.44. The first-order valence-corrected chi connectivity index (χ1v) is 7.37. The van der Waals surface area contributed by atoms with Crippen LogP contribution in [0.5, 0.6) is 5.75 Å². The van der Waals surface area contributed by atoms with Gasteiger partial charge in [0.2, 0.25) is 0 Å². The lowest BCUT2D eigenvalue weighted by Gasteiger charge is -2.34. The monoisotopic (exact) mass is 294 g/mol. The second-order valence-corrected chi connectivity index (χ2v) is 5.38. The van der Waals surface area contributed by atoms with Gasteiger partial charge >= 0.3 is 5.69 Å². The smallest absolute Gasteiger partial charge is 0.333 e. The lowest BCUT2D eigenvalue weighted by atomic mass is 9.92. The van der Waals surface area contributed by atoms with E-state index in [0.717, 1.165) is 12.8 Å². The fourth-order valence-electron chi connectivity index (χ4n) is 2.84. The zero-order valence-corrected chi connectivity index (χ0v) is 12.5. The Labute approximate surface area is 124 Å². The van der Waals surface area contributed by atoms with E-state index in [2.05, 4.69) is 0 Å². The van der Waals surface area contributed by atoms with E-state index < -0.39 is 0 Å². The van der Waals surface area contributed by atoms with Crippen molar-refractivity contribution < 1.29 is 14.8 Å². The fourth-order valence-corrected chi connectivity index (χ4v) is 2.84. The number of benzene rings is 1. The van der Waals surface area contributed by atoms with Crippen LogP contribution in [0.2, 0.25) is 0 Å². The summed E-state index contributed by atoms with van der Waals surface area (Å²) in [7, 11) is 0. The Kier molecular flexibility index (Phi) is 5.01. The number of hydrogen-bond donors (Lipinski definition) is 1. The summed E-state index contributed by atoms with van der Waals surface area (Å²) in [6, 6.07) is 5.19. The van der Waals surface area contributed by atoms with Gasteiger partial charge in [-0.2, -0.15) is 0 Å². The van der Waals surface area contributed by atoms with Crippen LogP contribution in [0.15, 0.2) is 18.2 Å². The third-order valence-corrected chi connectivity index (χ3v) is 4.02. The molecule has 1 atom stereocenters. The predicted molar refractivity (Wildman–Crippen MR) is 80.9 cm³/mol. The molecule has 1 aliphatic rings. The van der Waals surface area contributed by atoms with Gasteiger partial charge in [-0.25, -0.2) is 0 Å². The predicted octanol–water partition coefficient (Wildman–Crippen LogP) is 2.59. The van der Waals surface area contributed by atoms with Crippen LogP contribution in [0.1, 0.15) is 26.7 Å². The van der Waals surface area contributed by atoms with Crippen LogP contribution in [0.4, 0.5) is 11.4 Å². The van der Waals surface area contributed by atoms with Gasteiger partial charge in [-0.15, -0.1) is 0 Å². The van der Waals surface area contributed by atoms with Crippen molar-refractivity contribution in [3.63, 3.8) is 0 Å². The molecule has 21 heavy (non-hydrogen) atoms. The molecule has 0 radical (unpaired) electrons. The van der Waals surface area contributed by atoms with Gasteiger partial charge in [0.15, 0.2) is 5.75 Å². The summed E-state index contributed by atoms with van der Waals surface area (Å²) in [5.74, 6) is 0.591.